The van der Waals surface area contributed by atoms with E-state index < -0.39 is 0 Å². The lowest BCUT2D eigenvalue weighted by Gasteiger charge is -2.20. The van der Waals surface area contributed by atoms with Crippen LogP contribution in [0.4, 0.5) is 5.69 Å². The fourth-order valence-corrected chi connectivity index (χ4v) is 5.35. The minimum absolute atomic E-state index is 0.0207. The van der Waals surface area contributed by atoms with Crippen LogP contribution in [-0.4, -0.2) is 38.8 Å². The van der Waals surface area contributed by atoms with Gasteiger partial charge in [0.1, 0.15) is 0 Å². The van der Waals surface area contributed by atoms with Crippen molar-refractivity contribution in [3.63, 3.8) is 0 Å². The molecule has 3 aliphatic rings. The van der Waals surface area contributed by atoms with Crippen LogP contribution >= 0.6 is 0 Å². The van der Waals surface area contributed by atoms with E-state index in [4.69, 9.17) is 0 Å². The third-order valence-corrected chi connectivity index (χ3v) is 7.34. The second kappa shape index (κ2) is 6.54. The van der Waals surface area contributed by atoms with Gasteiger partial charge in [0.2, 0.25) is 5.78 Å². The van der Waals surface area contributed by atoms with Crippen molar-refractivity contribution in [3.8, 4) is 11.1 Å². The number of imidazole rings is 1. The number of aromatic nitrogens is 3. The van der Waals surface area contributed by atoms with Crippen molar-refractivity contribution in [3.05, 3.63) is 89.0 Å². The van der Waals surface area contributed by atoms with Crippen molar-refractivity contribution in [2.45, 2.75) is 24.8 Å². The number of carbonyl (C=O) groups excluding carboxylic acids is 1. The number of hydrogen-bond donors (Lipinski definition) is 1. The molecule has 2 aromatic heterocycles. The molecule has 1 amide bonds. The van der Waals surface area contributed by atoms with Gasteiger partial charge in [-0.25, -0.2) is 9.97 Å². The van der Waals surface area contributed by atoms with E-state index in [2.05, 4.69) is 62.3 Å². The summed E-state index contributed by atoms with van der Waals surface area (Å²) in [5, 5.41) is 3.44. The quantitative estimate of drug-likeness (QED) is 0.517. The molecular formula is C27H23N5O. The van der Waals surface area contributed by atoms with Crippen molar-refractivity contribution in [1.82, 2.24) is 19.3 Å². The number of carbonyl (C=O) groups is 1. The average Bonchev–Trinajstić information content (AvgIpc) is 3.46. The Kier molecular flexibility index (Phi) is 3.69. The maximum Gasteiger partial charge on any atom is 0.254 e. The molecule has 1 fully saturated rings. The van der Waals surface area contributed by atoms with Gasteiger partial charge in [0, 0.05) is 54.8 Å². The van der Waals surface area contributed by atoms with E-state index in [9.17, 15) is 4.79 Å². The SMILES string of the molecule is CN1Cc2cc(-c3cnc4ncc(C5(c6ccc7c(c6)C=CCN7)CC5)n4c3)ccc2C1=O. The Morgan fingerprint density at radius 3 is 2.79 bits per heavy atom. The van der Waals surface area contributed by atoms with Crippen molar-refractivity contribution in [2.24, 2.45) is 0 Å². The van der Waals surface area contributed by atoms with E-state index in [0.717, 1.165) is 47.4 Å². The van der Waals surface area contributed by atoms with Crippen LogP contribution in [0.5, 0.6) is 0 Å². The van der Waals surface area contributed by atoms with Crippen LogP contribution in [0.3, 0.4) is 0 Å². The van der Waals surface area contributed by atoms with Gasteiger partial charge in [-0.3, -0.25) is 9.20 Å². The third kappa shape index (κ3) is 2.70. The van der Waals surface area contributed by atoms with Crippen LogP contribution in [0.2, 0.25) is 0 Å². The van der Waals surface area contributed by atoms with Crippen molar-refractivity contribution < 1.29 is 4.79 Å². The van der Waals surface area contributed by atoms with Gasteiger partial charge in [-0.1, -0.05) is 24.3 Å². The van der Waals surface area contributed by atoms with Gasteiger partial charge in [-0.2, -0.15) is 0 Å². The largest absolute Gasteiger partial charge is 0.381 e. The molecule has 0 atom stereocenters. The number of nitrogens with zero attached hydrogens (tertiary/aromatic N) is 4. The molecule has 1 aliphatic carbocycles. The number of hydrogen-bond acceptors (Lipinski definition) is 4. The van der Waals surface area contributed by atoms with Crippen LogP contribution in [-0.2, 0) is 12.0 Å². The molecule has 4 heterocycles. The summed E-state index contributed by atoms with van der Waals surface area (Å²) in [6.45, 7) is 1.53. The standard InChI is InChI=1S/C27H23N5O/c1-31-15-19-11-17(4-6-22(19)25(31)33)20-13-29-26-30-14-24(32(26)16-20)27(8-9-27)21-5-7-23-18(12-21)3-2-10-28-23/h2-7,11-14,16,28H,8-10,15H2,1H3. The smallest absolute Gasteiger partial charge is 0.254 e. The molecule has 6 heteroatoms. The number of anilines is 1. The Morgan fingerprint density at radius 2 is 1.91 bits per heavy atom. The van der Waals surface area contributed by atoms with Crippen LogP contribution < -0.4 is 5.32 Å². The molecule has 0 bridgehead atoms. The number of fused-ring (bicyclic) bond motifs is 3. The van der Waals surface area contributed by atoms with Crippen LogP contribution in [0.1, 0.15) is 45.6 Å². The molecule has 0 saturated heterocycles. The summed E-state index contributed by atoms with van der Waals surface area (Å²) in [4.78, 5) is 23.3. The van der Waals surface area contributed by atoms with Gasteiger partial charge in [0.15, 0.2) is 0 Å². The summed E-state index contributed by atoms with van der Waals surface area (Å²) in [5.74, 6) is 0.809. The molecule has 0 radical (unpaired) electrons. The van der Waals surface area contributed by atoms with Crippen LogP contribution in [0.15, 0.2) is 61.1 Å². The van der Waals surface area contributed by atoms with Crippen molar-refractivity contribution in [1.29, 1.82) is 0 Å². The minimum Gasteiger partial charge on any atom is -0.381 e. The first-order valence-corrected chi connectivity index (χ1v) is 11.4. The van der Waals surface area contributed by atoms with E-state index in [0.29, 0.717) is 6.54 Å². The van der Waals surface area contributed by atoms with Gasteiger partial charge < -0.3 is 10.2 Å². The van der Waals surface area contributed by atoms with Crippen LogP contribution in [0, 0.1) is 0 Å². The van der Waals surface area contributed by atoms with Gasteiger partial charge >= 0.3 is 0 Å². The first kappa shape index (κ1) is 18.6. The lowest BCUT2D eigenvalue weighted by atomic mass is 9.90. The summed E-state index contributed by atoms with van der Waals surface area (Å²) in [7, 11) is 1.84. The molecule has 6 nitrogen and oxygen atoms in total. The minimum atomic E-state index is -0.0207. The van der Waals surface area contributed by atoms with Crippen LogP contribution in [0.25, 0.3) is 23.0 Å². The summed E-state index contributed by atoms with van der Waals surface area (Å²) in [6, 6.07) is 12.8. The average molecular weight is 434 g/mol. The molecule has 2 aromatic carbocycles. The molecule has 7 rings (SSSR count). The molecule has 1 saturated carbocycles. The Labute approximate surface area is 191 Å². The predicted octanol–water partition coefficient (Wildman–Crippen LogP) is 4.50. The third-order valence-electron chi connectivity index (χ3n) is 7.34. The van der Waals surface area contributed by atoms with Crippen molar-refractivity contribution >= 4 is 23.4 Å². The maximum absolute atomic E-state index is 12.3. The van der Waals surface area contributed by atoms with Crippen molar-refractivity contribution in [2.75, 3.05) is 18.9 Å². The second-order valence-electron chi connectivity index (χ2n) is 9.36. The molecule has 33 heavy (non-hydrogen) atoms. The number of nitrogens with one attached hydrogen (secondary N) is 1. The first-order chi connectivity index (χ1) is 16.1. The Hall–Kier alpha value is -3.93. The molecule has 2 aliphatic heterocycles. The van der Waals surface area contributed by atoms with Gasteiger partial charge in [-0.15, -0.1) is 0 Å². The topological polar surface area (TPSA) is 62.5 Å². The monoisotopic (exact) mass is 433 g/mol. The summed E-state index contributed by atoms with van der Waals surface area (Å²) in [6.07, 6.45) is 12.6. The molecule has 1 N–H and O–H groups in total. The lowest BCUT2D eigenvalue weighted by molar-refractivity contribution is 0.0816. The first-order valence-electron chi connectivity index (χ1n) is 11.4. The van der Waals surface area contributed by atoms with E-state index in [1.807, 2.05) is 31.6 Å². The maximum atomic E-state index is 12.3. The van der Waals surface area contributed by atoms with Gasteiger partial charge in [0.25, 0.3) is 5.91 Å². The van der Waals surface area contributed by atoms with E-state index in [1.165, 1.54) is 22.5 Å². The zero-order valence-electron chi connectivity index (χ0n) is 18.4. The lowest BCUT2D eigenvalue weighted by Crippen LogP contribution is -2.17. The Balaban J connectivity index is 1.32. The molecular weight excluding hydrogens is 410 g/mol. The highest BCUT2D eigenvalue weighted by molar-refractivity contribution is 5.98. The summed E-state index contributed by atoms with van der Waals surface area (Å²) >= 11 is 0. The number of benzene rings is 2. The fourth-order valence-electron chi connectivity index (χ4n) is 5.35. The second-order valence-corrected chi connectivity index (χ2v) is 9.36. The van der Waals surface area contributed by atoms with Gasteiger partial charge in [-0.05, 0) is 59.4 Å². The van der Waals surface area contributed by atoms with E-state index in [1.54, 1.807) is 4.90 Å². The highest BCUT2D eigenvalue weighted by Crippen LogP contribution is 2.54. The fraction of sp³-hybridized carbons (Fsp3) is 0.222. The number of rotatable bonds is 3. The van der Waals surface area contributed by atoms with Gasteiger partial charge in [0.05, 0.1) is 11.9 Å². The summed E-state index contributed by atoms with van der Waals surface area (Å²) in [5.41, 5.74) is 8.91. The normalized spacial score (nSPS) is 17.7. The highest BCUT2D eigenvalue weighted by Gasteiger charge is 2.48. The van der Waals surface area contributed by atoms with E-state index >= 15 is 0 Å². The Bertz CT molecular complexity index is 1490. The Morgan fingerprint density at radius 1 is 1.03 bits per heavy atom. The zero-order chi connectivity index (χ0) is 22.2. The zero-order valence-corrected chi connectivity index (χ0v) is 18.4. The molecule has 4 aromatic rings. The van der Waals surface area contributed by atoms with E-state index in [-0.39, 0.29) is 11.3 Å². The summed E-state index contributed by atoms with van der Waals surface area (Å²) < 4.78 is 2.15. The predicted molar refractivity (Wildman–Crippen MR) is 128 cm³/mol. The highest BCUT2D eigenvalue weighted by atomic mass is 16.2. The molecule has 0 spiro atoms. The molecule has 162 valence electrons. The molecule has 0 unspecified atom stereocenters. The number of amides is 1.